The molecule has 1 heterocycles. The van der Waals surface area contributed by atoms with Gasteiger partial charge in [0.25, 0.3) is 0 Å². The maximum atomic E-state index is 6.50. The molecule has 12 aromatic rings. The molecule has 2 nitrogen and oxygen atoms in total. The molecule has 0 saturated carbocycles. The van der Waals surface area contributed by atoms with E-state index in [2.05, 4.69) is 235 Å². The van der Waals surface area contributed by atoms with E-state index in [1.165, 1.54) is 54.6 Å². The first kappa shape index (κ1) is 35.7. The number of hydrogen-bond donors (Lipinski definition) is 0. The van der Waals surface area contributed by atoms with Crippen LogP contribution in [0.4, 0.5) is 17.1 Å². The summed E-state index contributed by atoms with van der Waals surface area (Å²) in [6.45, 7) is 0. The summed E-state index contributed by atoms with van der Waals surface area (Å²) in [6, 6.07) is 85.4. The number of furan rings is 1. The fraction of sp³-hybridized carbons (Fsp3) is 0. The minimum absolute atomic E-state index is 0.891. The number of benzene rings is 11. The Morgan fingerprint density at radius 3 is 1.48 bits per heavy atom. The Hall–Kier alpha value is -8.20. The van der Waals surface area contributed by atoms with Crippen LogP contribution in [0.2, 0.25) is 0 Å². The van der Waals surface area contributed by atoms with E-state index in [1.54, 1.807) is 0 Å². The van der Waals surface area contributed by atoms with Crippen LogP contribution >= 0.6 is 0 Å². The highest BCUT2D eigenvalue weighted by Crippen LogP contribution is 2.42. The molecule has 0 amide bonds. The zero-order chi connectivity index (χ0) is 41.0. The number of fused-ring (bicyclic) bond motifs is 7. The molecule has 0 spiro atoms. The highest BCUT2D eigenvalue weighted by molar-refractivity contribution is 6.14. The van der Waals surface area contributed by atoms with E-state index in [4.69, 9.17) is 4.42 Å². The van der Waals surface area contributed by atoms with Gasteiger partial charge in [0.15, 0.2) is 0 Å². The monoisotopic (exact) mass is 789 g/mol. The molecular formula is C60H39NO. The second-order valence-corrected chi connectivity index (χ2v) is 16.1. The van der Waals surface area contributed by atoms with E-state index in [9.17, 15) is 0 Å². The fourth-order valence-corrected chi connectivity index (χ4v) is 9.33. The van der Waals surface area contributed by atoms with E-state index in [-0.39, 0.29) is 0 Å². The smallest absolute Gasteiger partial charge is 0.143 e. The maximum absolute atomic E-state index is 6.50. The minimum Gasteiger partial charge on any atom is -0.455 e. The molecule has 0 aliphatic carbocycles. The first-order valence-corrected chi connectivity index (χ1v) is 21.2. The first-order valence-electron chi connectivity index (χ1n) is 21.2. The van der Waals surface area contributed by atoms with Gasteiger partial charge in [-0.25, -0.2) is 0 Å². The summed E-state index contributed by atoms with van der Waals surface area (Å²) in [5.41, 5.74) is 14.4. The molecule has 0 radical (unpaired) electrons. The number of anilines is 3. The molecule has 290 valence electrons. The lowest BCUT2D eigenvalue weighted by atomic mass is 9.93. The van der Waals surface area contributed by atoms with Crippen molar-refractivity contribution in [2.75, 3.05) is 4.90 Å². The molecule has 62 heavy (non-hydrogen) atoms. The summed E-state index contributed by atoms with van der Waals surface area (Å²) in [5, 5.41) is 9.79. The minimum atomic E-state index is 0.891. The standard InChI is InChI=1S/C60H39NO/c1-2-12-43(13-3-1)53-19-10-20-56-58-38-47(29-36-59(58)62-60(53)56)42-25-32-50(33-26-42)61(49-30-23-41(24-31-49)46-22-21-40-11-4-5-14-45(40)37-46)51-34-27-44(28-35-51)57-39-48-15-6-7-16-52(48)54-17-8-9-18-55(54)57/h1-39H. The molecule has 0 bridgehead atoms. The third kappa shape index (κ3) is 6.20. The summed E-state index contributed by atoms with van der Waals surface area (Å²) in [6.07, 6.45) is 0. The van der Waals surface area contributed by atoms with Crippen molar-refractivity contribution in [2.45, 2.75) is 0 Å². The Kier molecular flexibility index (Phi) is 8.53. The van der Waals surface area contributed by atoms with Crippen LogP contribution in [0.1, 0.15) is 0 Å². The predicted octanol–water partition coefficient (Wildman–Crippen LogP) is 17.2. The number of para-hydroxylation sites is 1. The van der Waals surface area contributed by atoms with Crippen molar-refractivity contribution in [3.05, 3.63) is 237 Å². The lowest BCUT2D eigenvalue weighted by Crippen LogP contribution is -2.09. The van der Waals surface area contributed by atoms with Gasteiger partial charge in [-0.05, 0) is 132 Å². The third-order valence-electron chi connectivity index (χ3n) is 12.5. The summed E-state index contributed by atoms with van der Waals surface area (Å²) in [7, 11) is 0. The topological polar surface area (TPSA) is 16.4 Å². The normalized spacial score (nSPS) is 11.5. The Balaban J connectivity index is 0.930. The van der Waals surface area contributed by atoms with Crippen LogP contribution in [0, 0.1) is 0 Å². The zero-order valence-electron chi connectivity index (χ0n) is 33.9. The largest absolute Gasteiger partial charge is 0.455 e. The molecule has 0 atom stereocenters. The van der Waals surface area contributed by atoms with Crippen molar-refractivity contribution in [3.8, 4) is 44.5 Å². The number of nitrogens with zero attached hydrogens (tertiary/aromatic N) is 1. The molecule has 0 N–H and O–H groups in total. The van der Waals surface area contributed by atoms with Gasteiger partial charge in [0.2, 0.25) is 0 Å². The molecule has 0 aliphatic rings. The van der Waals surface area contributed by atoms with Crippen LogP contribution in [0.15, 0.2) is 241 Å². The van der Waals surface area contributed by atoms with E-state index >= 15 is 0 Å². The Morgan fingerprint density at radius 1 is 0.258 bits per heavy atom. The number of rotatable bonds is 7. The van der Waals surface area contributed by atoms with Gasteiger partial charge in [0.1, 0.15) is 11.2 Å². The zero-order valence-corrected chi connectivity index (χ0v) is 33.9. The molecular weight excluding hydrogens is 751 g/mol. The molecule has 1 aromatic heterocycles. The van der Waals surface area contributed by atoms with Crippen molar-refractivity contribution in [1.82, 2.24) is 0 Å². The Labute approximate surface area is 360 Å². The van der Waals surface area contributed by atoms with Gasteiger partial charge >= 0.3 is 0 Å². The maximum Gasteiger partial charge on any atom is 0.143 e. The molecule has 0 fully saturated rings. The van der Waals surface area contributed by atoms with Crippen LogP contribution in [0.25, 0.3) is 98.8 Å². The lowest BCUT2D eigenvalue weighted by molar-refractivity contribution is 0.670. The Bertz CT molecular complexity index is 3600. The van der Waals surface area contributed by atoms with Crippen LogP contribution in [0.5, 0.6) is 0 Å². The van der Waals surface area contributed by atoms with Gasteiger partial charge in [-0.15, -0.1) is 0 Å². The van der Waals surface area contributed by atoms with Crippen LogP contribution in [-0.2, 0) is 0 Å². The average molecular weight is 790 g/mol. The highest BCUT2D eigenvalue weighted by atomic mass is 16.3. The molecule has 0 saturated heterocycles. The summed E-state index contributed by atoms with van der Waals surface area (Å²) < 4.78 is 6.50. The average Bonchev–Trinajstić information content (AvgIpc) is 3.73. The van der Waals surface area contributed by atoms with E-state index in [1.807, 2.05) is 6.07 Å². The van der Waals surface area contributed by atoms with Crippen molar-refractivity contribution < 1.29 is 4.42 Å². The summed E-state index contributed by atoms with van der Waals surface area (Å²) in [4.78, 5) is 2.36. The molecule has 0 aliphatic heterocycles. The van der Waals surface area contributed by atoms with Gasteiger partial charge in [-0.3, -0.25) is 0 Å². The van der Waals surface area contributed by atoms with E-state index < -0.39 is 0 Å². The summed E-state index contributed by atoms with van der Waals surface area (Å²) in [5.74, 6) is 0. The lowest BCUT2D eigenvalue weighted by Gasteiger charge is -2.26. The van der Waals surface area contributed by atoms with Gasteiger partial charge in [0, 0.05) is 33.4 Å². The van der Waals surface area contributed by atoms with Crippen LogP contribution in [0.3, 0.4) is 0 Å². The van der Waals surface area contributed by atoms with E-state index in [0.29, 0.717) is 0 Å². The quantitative estimate of drug-likeness (QED) is 0.150. The SMILES string of the molecule is c1ccc(-c2cccc3c2oc2ccc(-c4ccc(N(c5ccc(-c6ccc7ccccc7c6)cc5)c5ccc(-c6cc7ccccc7c7ccccc67)cc5)cc4)cc23)cc1. The molecule has 0 unspecified atom stereocenters. The van der Waals surface area contributed by atoms with Crippen molar-refractivity contribution in [2.24, 2.45) is 0 Å². The summed E-state index contributed by atoms with van der Waals surface area (Å²) >= 11 is 0. The third-order valence-corrected chi connectivity index (χ3v) is 12.5. The first-order chi connectivity index (χ1) is 30.7. The molecule has 2 heteroatoms. The van der Waals surface area contributed by atoms with Crippen LogP contribution < -0.4 is 4.90 Å². The molecule has 12 rings (SSSR count). The van der Waals surface area contributed by atoms with Crippen molar-refractivity contribution in [1.29, 1.82) is 0 Å². The van der Waals surface area contributed by atoms with Crippen LogP contribution in [-0.4, -0.2) is 0 Å². The second-order valence-electron chi connectivity index (χ2n) is 16.1. The van der Waals surface area contributed by atoms with Gasteiger partial charge in [-0.2, -0.15) is 0 Å². The number of hydrogen-bond acceptors (Lipinski definition) is 2. The van der Waals surface area contributed by atoms with Gasteiger partial charge in [0.05, 0.1) is 0 Å². The predicted molar refractivity (Wildman–Crippen MR) is 263 cm³/mol. The fourth-order valence-electron chi connectivity index (χ4n) is 9.33. The Morgan fingerprint density at radius 2 is 0.774 bits per heavy atom. The second kappa shape index (κ2) is 14.8. The van der Waals surface area contributed by atoms with Crippen molar-refractivity contribution >= 4 is 71.3 Å². The van der Waals surface area contributed by atoms with E-state index in [0.717, 1.165) is 61.3 Å². The highest BCUT2D eigenvalue weighted by Gasteiger charge is 2.17. The van der Waals surface area contributed by atoms with Gasteiger partial charge < -0.3 is 9.32 Å². The molecule has 11 aromatic carbocycles. The van der Waals surface area contributed by atoms with Gasteiger partial charge in [-0.1, -0.05) is 176 Å². The van der Waals surface area contributed by atoms with Crippen molar-refractivity contribution in [3.63, 3.8) is 0 Å².